The van der Waals surface area contributed by atoms with Gasteiger partial charge in [0, 0.05) is 33.8 Å². The summed E-state index contributed by atoms with van der Waals surface area (Å²) in [6, 6.07) is 63.0. The molecule has 1 aliphatic carbocycles. The third-order valence-electron chi connectivity index (χ3n) is 13.6. The van der Waals surface area contributed by atoms with E-state index < -0.39 is 0 Å². The third-order valence-corrected chi connectivity index (χ3v) is 13.6. The minimum atomic E-state index is 0.0142. The molecule has 0 saturated carbocycles. The first-order valence-corrected chi connectivity index (χ1v) is 21.3. The van der Waals surface area contributed by atoms with Crippen LogP contribution >= 0.6 is 0 Å². The fraction of sp³-hybridized carbons (Fsp3) is 0.143. The van der Waals surface area contributed by atoms with E-state index in [-0.39, 0.29) is 17.5 Å². The molecule has 12 rings (SSSR count). The van der Waals surface area contributed by atoms with Gasteiger partial charge in [-0.3, -0.25) is 0 Å². The van der Waals surface area contributed by atoms with Gasteiger partial charge in [0.15, 0.2) is 0 Å². The molecule has 0 atom stereocenters. The van der Waals surface area contributed by atoms with Crippen molar-refractivity contribution in [1.82, 2.24) is 0 Å². The molecule has 0 spiro atoms. The lowest BCUT2D eigenvalue weighted by molar-refractivity contribution is 0.403. The Bertz CT molecular complexity index is 3220. The van der Waals surface area contributed by atoms with Crippen LogP contribution in [0.15, 0.2) is 174 Å². The second-order valence-corrected chi connectivity index (χ2v) is 18.5. The number of fused-ring (bicyclic) bond motifs is 8. The molecule has 0 amide bonds. The van der Waals surface area contributed by atoms with E-state index in [0.29, 0.717) is 0 Å². The van der Waals surface area contributed by atoms with Crippen LogP contribution in [0.25, 0.3) is 44.2 Å². The highest BCUT2D eigenvalue weighted by Gasteiger charge is 2.48. The first kappa shape index (κ1) is 35.2. The summed E-state index contributed by atoms with van der Waals surface area (Å²) < 4.78 is 6.58. The van der Waals surface area contributed by atoms with Crippen LogP contribution in [-0.2, 0) is 10.8 Å². The Balaban J connectivity index is 1.20. The van der Waals surface area contributed by atoms with Crippen molar-refractivity contribution in [2.24, 2.45) is 0 Å². The van der Waals surface area contributed by atoms with Crippen molar-refractivity contribution in [3.05, 3.63) is 187 Å². The lowest BCUT2D eigenvalue weighted by Gasteiger charge is -2.45. The molecule has 3 aliphatic rings. The van der Waals surface area contributed by atoms with Gasteiger partial charge in [-0.05, 0) is 134 Å². The Morgan fingerprint density at radius 2 is 1.07 bits per heavy atom. The number of rotatable bonds is 4. The van der Waals surface area contributed by atoms with Crippen molar-refractivity contribution in [2.45, 2.75) is 51.9 Å². The number of anilines is 6. The summed E-state index contributed by atoms with van der Waals surface area (Å²) >= 11 is 0. The Morgan fingerprint density at radius 3 is 1.82 bits per heavy atom. The van der Waals surface area contributed by atoms with Crippen molar-refractivity contribution in [3.63, 3.8) is 0 Å². The molecule has 0 bridgehead atoms. The Morgan fingerprint density at radius 1 is 0.467 bits per heavy atom. The van der Waals surface area contributed by atoms with Crippen molar-refractivity contribution >= 4 is 79.2 Å². The summed E-state index contributed by atoms with van der Waals surface area (Å²) in [5, 5.41) is 2.28. The monoisotopic (exact) mass is 772 g/mol. The van der Waals surface area contributed by atoms with Crippen molar-refractivity contribution in [2.75, 3.05) is 9.80 Å². The lowest BCUT2D eigenvalue weighted by Crippen LogP contribution is -2.61. The molecule has 8 aromatic carbocycles. The number of hydrogen-bond donors (Lipinski definition) is 0. The molecule has 3 nitrogen and oxygen atoms in total. The minimum Gasteiger partial charge on any atom is -0.456 e. The molecule has 0 unspecified atom stereocenters. The van der Waals surface area contributed by atoms with Gasteiger partial charge in [0.2, 0.25) is 0 Å². The third kappa shape index (κ3) is 5.10. The summed E-state index contributed by atoms with van der Waals surface area (Å²) in [6.07, 6.45) is 1.10. The Kier molecular flexibility index (Phi) is 7.40. The molecule has 288 valence electrons. The SMILES string of the molecule is Cc1cc2c3c(c1)N(c1cccc4oc5ccccc5c14)c1cc4c(cc1B3c1ccc(-c3ccccc3)cc1N2c1cccc(-c2ccccc2)c1)C(C)(C)CC4(C)C. The first-order valence-electron chi connectivity index (χ1n) is 21.3. The number of aryl methyl sites for hydroxylation is 1. The van der Waals surface area contributed by atoms with Crippen LogP contribution in [0.2, 0.25) is 0 Å². The molecule has 3 heterocycles. The van der Waals surface area contributed by atoms with Crippen LogP contribution in [0.1, 0.15) is 50.8 Å². The predicted molar refractivity (Wildman–Crippen MR) is 254 cm³/mol. The molecule has 9 aromatic rings. The average molecular weight is 773 g/mol. The van der Waals surface area contributed by atoms with E-state index in [1.807, 2.05) is 0 Å². The van der Waals surface area contributed by atoms with Gasteiger partial charge in [-0.2, -0.15) is 0 Å². The van der Waals surface area contributed by atoms with Crippen LogP contribution in [-0.4, -0.2) is 6.71 Å². The predicted octanol–water partition coefficient (Wildman–Crippen LogP) is 13.3. The molecule has 1 aromatic heterocycles. The summed E-state index contributed by atoms with van der Waals surface area (Å²) in [7, 11) is 0. The molecule has 2 aliphatic heterocycles. The molecular weight excluding hydrogens is 727 g/mol. The Hall–Kier alpha value is -6.78. The normalized spacial score (nSPS) is 15.5. The second kappa shape index (κ2) is 12.6. The molecule has 0 saturated heterocycles. The average Bonchev–Trinajstić information content (AvgIpc) is 3.73. The maximum atomic E-state index is 6.58. The van der Waals surface area contributed by atoms with Crippen LogP contribution in [0.4, 0.5) is 34.1 Å². The van der Waals surface area contributed by atoms with Crippen LogP contribution in [0.5, 0.6) is 0 Å². The second-order valence-electron chi connectivity index (χ2n) is 18.5. The zero-order valence-electron chi connectivity index (χ0n) is 34.8. The van der Waals surface area contributed by atoms with E-state index in [1.54, 1.807) is 0 Å². The van der Waals surface area contributed by atoms with Crippen molar-refractivity contribution in [3.8, 4) is 22.3 Å². The molecule has 60 heavy (non-hydrogen) atoms. The largest absolute Gasteiger partial charge is 0.456 e. The van der Waals surface area contributed by atoms with Gasteiger partial charge in [-0.25, -0.2) is 0 Å². The summed E-state index contributed by atoms with van der Waals surface area (Å²) in [4.78, 5) is 5.14. The molecular formula is C56H45BN2O. The summed E-state index contributed by atoms with van der Waals surface area (Å²) in [5.41, 5.74) is 22.0. The standard InChI is InChI=1S/C56H45BN2O/c1-35-28-49-54-50(29-35)59(46-23-15-25-52-53(46)41-22-12-13-24-51(41)60-52)48-33-43-42(55(2,3)34-56(43,4)5)32-45(48)57(54)44-27-26-39(37-18-10-7-11-19-37)31-47(44)58(49)40-21-14-20-38(30-40)36-16-8-6-9-17-36/h6-33H,34H2,1-5H3. The molecule has 0 fully saturated rings. The lowest BCUT2D eigenvalue weighted by atomic mass is 9.33. The minimum absolute atomic E-state index is 0.0142. The van der Waals surface area contributed by atoms with Gasteiger partial charge in [0.1, 0.15) is 11.2 Å². The maximum absolute atomic E-state index is 6.58. The number of para-hydroxylation sites is 1. The summed E-state index contributed by atoms with van der Waals surface area (Å²) in [5.74, 6) is 0. The van der Waals surface area contributed by atoms with Crippen LogP contribution < -0.4 is 26.2 Å². The summed E-state index contributed by atoms with van der Waals surface area (Å²) in [6.45, 7) is 12.0. The highest BCUT2D eigenvalue weighted by atomic mass is 16.3. The van der Waals surface area contributed by atoms with E-state index in [4.69, 9.17) is 4.42 Å². The number of nitrogens with zero attached hydrogens (tertiary/aromatic N) is 2. The van der Waals surface area contributed by atoms with Gasteiger partial charge in [0.05, 0.1) is 11.1 Å². The quantitative estimate of drug-likeness (QED) is 0.166. The Labute approximate surface area is 352 Å². The molecule has 0 N–H and O–H groups in total. The smallest absolute Gasteiger partial charge is 0.252 e. The van der Waals surface area contributed by atoms with Gasteiger partial charge >= 0.3 is 0 Å². The van der Waals surface area contributed by atoms with Crippen LogP contribution in [0.3, 0.4) is 0 Å². The van der Waals surface area contributed by atoms with E-state index in [9.17, 15) is 0 Å². The highest BCUT2D eigenvalue weighted by Crippen LogP contribution is 2.53. The number of furan rings is 1. The highest BCUT2D eigenvalue weighted by molar-refractivity contribution is 7.00. The van der Waals surface area contributed by atoms with Gasteiger partial charge in [-0.15, -0.1) is 0 Å². The van der Waals surface area contributed by atoms with Crippen LogP contribution in [0, 0.1) is 6.92 Å². The van der Waals surface area contributed by atoms with Crippen molar-refractivity contribution < 1.29 is 4.42 Å². The van der Waals surface area contributed by atoms with E-state index in [1.165, 1.54) is 78.1 Å². The van der Waals surface area contributed by atoms with E-state index >= 15 is 0 Å². The fourth-order valence-electron chi connectivity index (χ4n) is 11.3. The van der Waals surface area contributed by atoms with E-state index in [0.717, 1.165) is 39.7 Å². The zero-order valence-corrected chi connectivity index (χ0v) is 34.8. The van der Waals surface area contributed by atoms with Gasteiger partial charge in [-0.1, -0.05) is 143 Å². The zero-order chi connectivity index (χ0) is 40.5. The fourth-order valence-corrected chi connectivity index (χ4v) is 11.3. The first-order chi connectivity index (χ1) is 29.1. The van der Waals surface area contributed by atoms with Gasteiger partial charge in [0.25, 0.3) is 6.71 Å². The topological polar surface area (TPSA) is 19.6 Å². The number of hydrogen-bond acceptors (Lipinski definition) is 3. The number of benzene rings is 8. The van der Waals surface area contributed by atoms with E-state index in [2.05, 4.69) is 214 Å². The maximum Gasteiger partial charge on any atom is 0.252 e. The molecule has 0 radical (unpaired) electrons. The van der Waals surface area contributed by atoms with Gasteiger partial charge < -0.3 is 14.2 Å². The molecule has 4 heteroatoms. The van der Waals surface area contributed by atoms with Crippen molar-refractivity contribution in [1.29, 1.82) is 0 Å².